The molecule has 1 atom stereocenters. The van der Waals surface area contributed by atoms with Gasteiger partial charge in [0, 0.05) is 0 Å². The Morgan fingerprint density at radius 2 is 1.81 bits per heavy atom. The van der Waals surface area contributed by atoms with Crippen LogP contribution in [0.2, 0.25) is 0 Å². The molecule has 89 valence electrons. The Balaban J connectivity index is 2.23. The van der Waals surface area contributed by atoms with Crippen LogP contribution in [0.1, 0.15) is 41.0 Å². The molecule has 1 unspecified atom stereocenters. The second kappa shape index (κ2) is 4.38. The molecule has 2 aliphatic carbocycles. The third kappa shape index (κ3) is 1.87. The van der Waals surface area contributed by atoms with Crippen molar-refractivity contribution in [3.8, 4) is 0 Å². The Hall–Kier alpha value is -0.534. The first-order valence-electron chi connectivity index (χ1n) is 5.87. The molecule has 0 aliphatic heterocycles. The topological polar surface area (TPSA) is 0 Å². The van der Waals surface area contributed by atoms with Gasteiger partial charge >= 0.3 is 105 Å². The molecule has 0 fully saturated rings. The van der Waals surface area contributed by atoms with Crippen molar-refractivity contribution in [2.24, 2.45) is 5.92 Å². The zero-order chi connectivity index (χ0) is 11.9. The summed E-state index contributed by atoms with van der Waals surface area (Å²) in [6.45, 7) is 11.4. The van der Waals surface area contributed by atoms with Crippen LogP contribution in [-0.4, -0.2) is 0 Å². The molecule has 0 nitrogen and oxygen atoms in total. The van der Waals surface area contributed by atoms with Crippen molar-refractivity contribution in [3.63, 3.8) is 0 Å². The summed E-state index contributed by atoms with van der Waals surface area (Å²) < 4.78 is 3.20. The molecule has 0 amide bonds. The molecule has 0 aromatic heterocycles. The van der Waals surface area contributed by atoms with Crippen LogP contribution >= 0.6 is 0 Å². The molecule has 0 saturated heterocycles. The number of hydrogen-bond donors (Lipinski definition) is 0. The van der Waals surface area contributed by atoms with Crippen molar-refractivity contribution in [1.29, 1.82) is 0 Å². The molecule has 0 N–H and O–H groups in total. The van der Waals surface area contributed by atoms with Crippen LogP contribution in [0, 0.1) is 5.92 Å². The van der Waals surface area contributed by atoms with Gasteiger partial charge in [-0.3, -0.25) is 0 Å². The summed E-state index contributed by atoms with van der Waals surface area (Å²) >= 11 is 1.49. The quantitative estimate of drug-likeness (QED) is 0.681. The van der Waals surface area contributed by atoms with Gasteiger partial charge in [0.15, 0.2) is 0 Å². The SMILES string of the molecule is CC1=[C]([Co][C]2=C(C)C(C)=C(C)C2C)CC=C1. The third-order valence-electron chi connectivity index (χ3n) is 3.76. The van der Waals surface area contributed by atoms with Crippen molar-refractivity contribution < 1.29 is 14.7 Å². The zero-order valence-electron chi connectivity index (χ0n) is 10.8. The van der Waals surface area contributed by atoms with Gasteiger partial charge in [-0.15, -0.1) is 0 Å². The van der Waals surface area contributed by atoms with E-state index in [4.69, 9.17) is 0 Å². The predicted octanol–water partition coefficient (Wildman–Crippen LogP) is 4.56. The van der Waals surface area contributed by atoms with Crippen LogP contribution in [0.3, 0.4) is 0 Å². The van der Waals surface area contributed by atoms with E-state index in [9.17, 15) is 0 Å². The maximum absolute atomic E-state index is 2.34. The summed E-state index contributed by atoms with van der Waals surface area (Å²) in [6, 6.07) is 0. The minimum atomic E-state index is 0.640. The first-order valence-corrected chi connectivity index (χ1v) is 6.91. The Labute approximate surface area is 105 Å². The summed E-state index contributed by atoms with van der Waals surface area (Å²) in [5.74, 6) is 0.640. The van der Waals surface area contributed by atoms with Gasteiger partial charge in [-0.1, -0.05) is 0 Å². The first-order chi connectivity index (χ1) is 7.52. The Bertz CT molecular complexity index is 444. The van der Waals surface area contributed by atoms with E-state index in [1.165, 1.54) is 31.4 Å². The standard InChI is InChI=1S/C9H13.C6H7.Co/c1-6-5-7(2)9(4)8(6)3;1-6-4-2-3-5-6;/h6H,1-4H3;2,4H,3H2,1H3;. The van der Waals surface area contributed by atoms with Gasteiger partial charge < -0.3 is 0 Å². The molecule has 0 aromatic carbocycles. The van der Waals surface area contributed by atoms with Crippen molar-refractivity contribution in [2.75, 3.05) is 0 Å². The van der Waals surface area contributed by atoms with E-state index in [-0.39, 0.29) is 0 Å². The zero-order valence-corrected chi connectivity index (χ0v) is 11.8. The van der Waals surface area contributed by atoms with Gasteiger partial charge in [0.2, 0.25) is 0 Å². The molecule has 2 aliphatic rings. The van der Waals surface area contributed by atoms with E-state index < -0.39 is 0 Å². The summed E-state index contributed by atoms with van der Waals surface area (Å²) in [5.41, 5.74) is 6.06. The van der Waals surface area contributed by atoms with Crippen molar-refractivity contribution in [2.45, 2.75) is 41.0 Å². The van der Waals surface area contributed by atoms with E-state index in [2.05, 4.69) is 46.8 Å². The second-order valence-electron chi connectivity index (χ2n) is 4.73. The van der Waals surface area contributed by atoms with Crippen LogP contribution in [0.25, 0.3) is 0 Å². The number of rotatable bonds is 2. The predicted molar refractivity (Wildman–Crippen MR) is 66.7 cm³/mol. The van der Waals surface area contributed by atoms with Crippen LogP contribution in [0.5, 0.6) is 0 Å². The molecule has 16 heavy (non-hydrogen) atoms. The second-order valence-corrected chi connectivity index (χ2v) is 6.18. The molecule has 0 heterocycles. The monoisotopic (exact) mass is 259 g/mol. The Morgan fingerprint density at radius 3 is 2.25 bits per heavy atom. The molecule has 0 saturated carbocycles. The van der Waals surface area contributed by atoms with Crippen LogP contribution in [0.4, 0.5) is 0 Å². The fourth-order valence-electron chi connectivity index (χ4n) is 2.22. The van der Waals surface area contributed by atoms with Gasteiger partial charge in [-0.05, 0) is 0 Å². The van der Waals surface area contributed by atoms with Gasteiger partial charge in [0.25, 0.3) is 0 Å². The number of allylic oxidation sites excluding steroid dienone is 8. The minimum absolute atomic E-state index is 0.640. The molecule has 0 radical (unpaired) electrons. The average molecular weight is 259 g/mol. The molecule has 0 spiro atoms. The van der Waals surface area contributed by atoms with Gasteiger partial charge in [0.05, 0.1) is 0 Å². The van der Waals surface area contributed by atoms with Crippen LogP contribution < -0.4 is 0 Å². The van der Waals surface area contributed by atoms with E-state index in [1.54, 1.807) is 14.6 Å². The van der Waals surface area contributed by atoms with E-state index in [1.807, 2.05) is 0 Å². The van der Waals surface area contributed by atoms with Gasteiger partial charge in [-0.2, -0.15) is 0 Å². The van der Waals surface area contributed by atoms with E-state index in [0.29, 0.717) is 5.92 Å². The Morgan fingerprint density at radius 1 is 1.12 bits per heavy atom. The van der Waals surface area contributed by atoms with Crippen LogP contribution in [0.15, 0.2) is 43.5 Å². The number of hydrogen-bond acceptors (Lipinski definition) is 0. The molecule has 2 rings (SSSR count). The summed E-state index contributed by atoms with van der Waals surface area (Å²) in [6.07, 6.45) is 5.68. The molecule has 1 heteroatoms. The van der Waals surface area contributed by atoms with E-state index >= 15 is 0 Å². The fourth-order valence-corrected chi connectivity index (χ4v) is 3.92. The summed E-state index contributed by atoms with van der Waals surface area (Å²) in [5, 5.41) is 0. The van der Waals surface area contributed by atoms with Crippen LogP contribution in [-0.2, 0) is 14.7 Å². The molecular weight excluding hydrogens is 239 g/mol. The Kier molecular flexibility index (Phi) is 3.27. The molecule has 0 bridgehead atoms. The van der Waals surface area contributed by atoms with Crippen molar-refractivity contribution in [1.82, 2.24) is 0 Å². The average Bonchev–Trinajstić information content (AvgIpc) is 2.73. The third-order valence-corrected chi connectivity index (χ3v) is 5.82. The van der Waals surface area contributed by atoms with E-state index in [0.717, 1.165) is 6.42 Å². The van der Waals surface area contributed by atoms with Crippen molar-refractivity contribution >= 4 is 0 Å². The molecular formula is C15H20Co. The van der Waals surface area contributed by atoms with Gasteiger partial charge in [-0.25, -0.2) is 0 Å². The van der Waals surface area contributed by atoms with Gasteiger partial charge in [0.1, 0.15) is 0 Å². The molecule has 0 aromatic rings. The summed E-state index contributed by atoms with van der Waals surface area (Å²) in [7, 11) is 0. The fraction of sp³-hybridized carbons (Fsp3) is 0.467. The summed E-state index contributed by atoms with van der Waals surface area (Å²) in [4.78, 5) is 0. The first kappa shape index (κ1) is 11.9. The van der Waals surface area contributed by atoms with Crippen molar-refractivity contribution in [3.05, 3.63) is 43.5 Å². The maximum atomic E-state index is 2.34. The normalized spacial score (nSPS) is 25.7.